The van der Waals surface area contributed by atoms with Crippen LogP contribution >= 0.6 is 35.7 Å². The van der Waals surface area contributed by atoms with Crippen molar-refractivity contribution in [1.29, 1.82) is 0 Å². The van der Waals surface area contributed by atoms with Crippen LogP contribution in [0.5, 0.6) is 11.5 Å². The average Bonchev–Trinajstić information content (AvgIpc) is 2.45. The molecule has 0 aliphatic rings. The highest BCUT2D eigenvalue weighted by molar-refractivity contribution is 8.47. The molecule has 7 heteroatoms. The smallest absolute Gasteiger partial charge is 0.236 e. The molecule has 0 heterocycles. The van der Waals surface area contributed by atoms with Gasteiger partial charge in [-0.1, -0.05) is 43.9 Å². The van der Waals surface area contributed by atoms with Crippen molar-refractivity contribution in [2.45, 2.75) is 39.0 Å². The molecular weight excluding hydrogens is 350 g/mol. The Labute approximate surface area is 151 Å². The van der Waals surface area contributed by atoms with Crippen molar-refractivity contribution in [3.8, 4) is 11.5 Å². The zero-order valence-corrected chi connectivity index (χ0v) is 16.2. The minimum absolute atomic E-state index is 0.123. The number of benzene rings is 1. The van der Waals surface area contributed by atoms with Crippen molar-refractivity contribution in [2.24, 2.45) is 5.92 Å². The highest BCUT2D eigenvalue weighted by Crippen LogP contribution is 2.32. The maximum Gasteiger partial charge on any atom is 0.236 e. The molecule has 1 amide bonds. The summed E-state index contributed by atoms with van der Waals surface area (Å²) in [6, 6.07) is 4.48. The molecule has 1 aromatic carbocycles. The van der Waals surface area contributed by atoms with Crippen LogP contribution in [-0.2, 0) is 11.3 Å². The first-order valence-electron chi connectivity index (χ1n) is 7.26. The molecular formula is C16H23NO3S3. The molecule has 0 fully saturated rings. The van der Waals surface area contributed by atoms with Crippen LogP contribution in [0.15, 0.2) is 18.2 Å². The number of nitrogens with one attached hydrogen (secondary N) is 1. The summed E-state index contributed by atoms with van der Waals surface area (Å²) >= 11 is 8.32. The minimum Gasteiger partial charge on any atom is -0.504 e. The van der Waals surface area contributed by atoms with Crippen LogP contribution in [0.2, 0.25) is 0 Å². The van der Waals surface area contributed by atoms with Gasteiger partial charge in [0.2, 0.25) is 5.91 Å². The van der Waals surface area contributed by atoms with Crippen LogP contribution in [-0.4, -0.2) is 30.1 Å². The molecule has 1 rings (SSSR count). The van der Waals surface area contributed by atoms with E-state index in [-0.39, 0.29) is 24.0 Å². The van der Waals surface area contributed by atoms with E-state index in [1.165, 1.54) is 23.9 Å². The number of hydrogen-bond acceptors (Lipinski definition) is 6. The maximum absolute atomic E-state index is 12.4. The number of aromatic hydroxyl groups is 2. The van der Waals surface area contributed by atoms with E-state index in [1.54, 1.807) is 17.8 Å². The van der Waals surface area contributed by atoms with E-state index in [0.717, 1.165) is 9.28 Å². The third kappa shape index (κ3) is 7.01. The van der Waals surface area contributed by atoms with Gasteiger partial charge < -0.3 is 15.5 Å². The third-order valence-corrected chi connectivity index (χ3v) is 6.05. The molecule has 4 nitrogen and oxygen atoms in total. The summed E-state index contributed by atoms with van der Waals surface area (Å²) in [5.41, 5.74) is 0.714. The summed E-state index contributed by atoms with van der Waals surface area (Å²) in [7, 11) is 0. The van der Waals surface area contributed by atoms with E-state index in [4.69, 9.17) is 12.2 Å². The van der Waals surface area contributed by atoms with Gasteiger partial charge in [-0.15, -0.1) is 11.8 Å². The molecule has 0 unspecified atom stereocenters. The molecule has 1 aromatic rings. The quantitative estimate of drug-likeness (QED) is 0.519. The van der Waals surface area contributed by atoms with Crippen molar-refractivity contribution >= 4 is 45.2 Å². The van der Waals surface area contributed by atoms with Gasteiger partial charge in [-0.2, -0.15) is 0 Å². The second-order valence-corrected chi connectivity index (χ2v) is 9.92. The van der Waals surface area contributed by atoms with Crippen molar-refractivity contribution in [1.82, 2.24) is 5.32 Å². The molecule has 3 N–H and O–H groups in total. The predicted octanol–water partition coefficient (Wildman–Crippen LogP) is 3.90. The lowest BCUT2D eigenvalue weighted by molar-refractivity contribution is -0.122. The number of thiocarbonyl (C=S) groups is 1. The summed E-state index contributed by atoms with van der Waals surface area (Å²) in [6.45, 7) is 8.21. The normalized spacial score (nSPS) is 11.5. The maximum atomic E-state index is 12.4. The fraction of sp³-hybridized carbons (Fsp3) is 0.500. The van der Waals surface area contributed by atoms with Crippen LogP contribution in [0.4, 0.5) is 0 Å². The summed E-state index contributed by atoms with van der Waals surface area (Å²) in [5, 5.41) is 21.6. The van der Waals surface area contributed by atoms with Gasteiger partial charge in [0, 0.05) is 12.3 Å². The summed E-state index contributed by atoms with van der Waals surface area (Å²) in [6.07, 6.45) is 0. The summed E-state index contributed by atoms with van der Waals surface area (Å²) in [5.74, 6) is 0.997. The Morgan fingerprint density at radius 1 is 1.30 bits per heavy atom. The van der Waals surface area contributed by atoms with E-state index in [0.29, 0.717) is 11.5 Å². The number of phenols is 2. The van der Waals surface area contributed by atoms with Gasteiger partial charge in [0.1, 0.15) is 3.53 Å². The van der Waals surface area contributed by atoms with Gasteiger partial charge in [-0.3, -0.25) is 4.79 Å². The van der Waals surface area contributed by atoms with Crippen molar-refractivity contribution in [3.63, 3.8) is 0 Å². The highest BCUT2D eigenvalue weighted by Gasteiger charge is 2.30. The molecule has 0 aliphatic heterocycles. The lowest BCUT2D eigenvalue weighted by Gasteiger charge is -2.23. The van der Waals surface area contributed by atoms with Gasteiger partial charge in [-0.25, -0.2) is 0 Å². The second-order valence-electron chi connectivity index (χ2n) is 6.07. The minimum atomic E-state index is -0.667. The Kier molecular flexibility index (Phi) is 7.70. The molecule has 0 aromatic heterocycles. The first kappa shape index (κ1) is 20.1. The molecule has 128 valence electrons. The van der Waals surface area contributed by atoms with Crippen LogP contribution in [0.1, 0.15) is 33.3 Å². The van der Waals surface area contributed by atoms with Gasteiger partial charge >= 0.3 is 0 Å². The Bertz CT molecular complexity index is 574. The fourth-order valence-electron chi connectivity index (χ4n) is 1.59. The zero-order chi connectivity index (χ0) is 17.6. The number of amides is 1. The Hall–Kier alpha value is -0.920. The van der Waals surface area contributed by atoms with Gasteiger partial charge in [-0.05, 0) is 37.5 Å². The molecule has 0 bridgehead atoms. The molecule has 0 saturated carbocycles. The van der Waals surface area contributed by atoms with E-state index in [2.05, 4.69) is 19.2 Å². The topological polar surface area (TPSA) is 69.6 Å². The number of carbonyl (C=O) groups excluding carboxylic acids is 1. The molecule has 0 radical (unpaired) electrons. The lowest BCUT2D eigenvalue weighted by atomic mass is 10.1. The molecule has 0 saturated heterocycles. The Morgan fingerprint density at radius 2 is 1.96 bits per heavy atom. The molecule has 0 spiro atoms. The van der Waals surface area contributed by atoms with Crippen molar-refractivity contribution in [2.75, 3.05) is 5.75 Å². The average molecular weight is 374 g/mol. The van der Waals surface area contributed by atoms with Crippen LogP contribution in [0.25, 0.3) is 0 Å². The number of rotatable bonds is 6. The van der Waals surface area contributed by atoms with Crippen LogP contribution < -0.4 is 5.32 Å². The van der Waals surface area contributed by atoms with Gasteiger partial charge in [0.25, 0.3) is 0 Å². The standard InChI is InChI=1S/C16H23NO3S3/c1-10(2)9-22-15(21)23-16(3,4)14(20)17-8-11-5-6-12(18)13(19)7-11/h5-7,10,18-19H,8-9H2,1-4H3,(H,17,20). The Morgan fingerprint density at radius 3 is 2.52 bits per heavy atom. The SMILES string of the molecule is CC(C)CSC(=S)SC(C)(C)C(=O)NCc1ccc(O)c(O)c1. The molecule has 0 atom stereocenters. The van der Waals surface area contributed by atoms with Gasteiger partial charge in [0.05, 0.1) is 4.75 Å². The first-order valence-corrected chi connectivity index (χ1v) is 9.47. The number of phenolic OH excluding ortho intramolecular Hbond substituents is 2. The predicted molar refractivity (Wildman–Crippen MR) is 103 cm³/mol. The lowest BCUT2D eigenvalue weighted by Crippen LogP contribution is -2.39. The zero-order valence-electron chi connectivity index (χ0n) is 13.8. The second kappa shape index (κ2) is 8.80. The van der Waals surface area contributed by atoms with Crippen LogP contribution in [0.3, 0.4) is 0 Å². The van der Waals surface area contributed by atoms with Crippen LogP contribution in [0, 0.1) is 5.92 Å². The van der Waals surface area contributed by atoms with E-state index < -0.39 is 4.75 Å². The summed E-state index contributed by atoms with van der Waals surface area (Å²) < 4.78 is 0.0983. The van der Waals surface area contributed by atoms with E-state index >= 15 is 0 Å². The number of thioether (sulfide) groups is 2. The monoisotopic (exact) mass is 373 g/mol. The third-order valence-electron chi connectivity index (χ3n) is 2.91. The fourth-order valence-corrected chi connectivity index (χ4v) is 4.54. The molecule has 0 aliphatic carbocycles. The summed E-state index contributed by atoms with van der Waals surface area (Å²) in [4.78, 5) is 12.4. The molecule has 23 heavy (non-hydrogen) atoms. The largest absolute Gasteiger partial charge is 0.504 e. The number of carbonyl (C=O) groups is 1. The van der Waals surface area contributed by atoms with Crippen molar-refractivity contribution < 1.29 is 15.0 Å². The van der Waals surface area contributed by atoms with Gasteiger partial charge in [0.15, 0.2) is 11.5 Å². The Balaban J connectivity index is 2.54. The highest BCUT2D eigenvalue weighted by atomic mass is 32.2. The van der Waals surface area contributed by atoms with E-state index in [1.807, 2.05) is 13.8 Å². The van der Waals surface area contributed by atoms with Crippen molar-refractivity contribution in [3.05, 3.63) is 23.8 Å². The number of hydrogen-bond donors (Lipinski definition) is 3. The van der Waals surface area contributed by atoms with E-state index in [9.17, 15) is 15.0 Å². The first-order chi connectivity index (χ1) is 10.6.